The molecule has 6 heteroatoms. The maximum absolute atomic E-state index is 14.2. The van der Waals surface area contributed by atoms with Crippen molar-refractivity contribution in [2.24, 2.45) is 0 Å². The van der Waals surface area contributed by atoms with E-state index in [0.29, 0.717) is 31.0 Å². The third kappa shape index (κ3) is 2.88. The Morgan fingerprint density at radius 1 is 1.30 bits per heavy atom. The molecular weight excluding hydrogens is 257 g/mol. The van der Waals surface area contributed by atoms with E-state index >= 15 is 0 Å². The molecule has 0 saturated carbocycles. The van der Waals surface area contributed by atoms with Crippen molar-refractivity contribution in [1.29, 1.82) is 5.26 Å². The van der Waals surface area contributed by atoms with Gasteiger partial charge in [0.2, 0.25) is 0 Å². The Bertz CT molecular complexity index is 491. The van der Waals surface area contributed by atoms with E-state index in [1.54, 1.807) is 0 Å². The molecule has 5 nitrogen and oxygen atoms in total. The number of hydrogen-bond donors (Lipinski definition) is 0. The Hall–Kier alpha value is -1.74. The largest absolute Gasteiger partial charge is 0.352 e. The van der Waals surface area contributed by atoms with Gasteiger partial charge in [-0.2, -0.15) is 5.26 Å². The van der Waals surface area contributed by atoms with Gasteiger partial charge in [-0.05, 0) is 12.8 Å². The average Bonchev–Trinajstić information content (AvgIpc) is 2.50. The Kier molecular flexibility index (Phi) is 4.85. The molecule has 1 unspecified atom stereocenters. The summed E-state index contributed by atoms with van der Waals surface area (Å²) in [6.07, 6.45) is 2.81. The topological polar surface area (TPSA) is 56.1 Å². The van der Waals surface area contributed by atoms with Crippen LogP contribution in [0.1, 0.15) is 26.0 Å². The Balaban J connectivity index is 2.06. The van der Waals surface area contributed by atoms with E-state index in [9.17, 15) is 4.39 Å². The molecule has 1 saturated heterocycles. The van der Waals surface area contributed by atoms with E-state index in [0.717, 1.165) is 19.5 Å². The van der Waals surface area contributed by atoms with Crippen LogP contribution < -0.4 is 4.90 Å². The minimum Gasteiger partial charge on any atom is -0.352 e. The monoisotopic (exact) mass is 277 g/mol. The second-order valence-corrected chi connectivity index (χ2v) is 4.89. The number of rotatable bonds is 4. The lowest BCUT2D eigenvalue weighted by Gasteiger charge is -2.37. The van der Waals surface area contributed by atoms with Crippen molar-refractivity contribution in [3.8, 4) is 6.07 Å². The molecule has 108 valence electrons. The summed E-state index contributed by atoms with van der Waals surface area (Å²) in [5.41, 5.74) is 0.459. The normalized spacial score (nSPS) is 17.8. The highest BCUT2D eigenvalue weighted by atomic mass is 19.1. The summed E-state index contributed by atoms with van der Waals surface area (Å²) in [5, 5.41) is 9.09. The lowest BCUT2D eigenvalue weighted by atomic mass is 10.2. The van der Waals surface area contributed by atoms with Gasteiger partial charge >= 0.3 is 0 Å². The second-order valence-electron chi connectivity index (χ2n) is 4.89. The number of anilines is 1. The van der Waals surface area contributed by atoms with Crippen LogP contribution in [-0.4, -0.2) is 47.1 Å². The number of hydrogen-bond acceptors (Lipinski definition) is 5. The Labute approximate surface area is 119 Å². The van der Waals surface area contributed by atoms with E-state index in [1.165, 1.54) is 6.33 Å². The minimum atomic E-state index is -0.309. The highest BCUT2D eigenvalue weighted by Crippen LogP contribution is 2.20. The molecule has 0 spiro atoms. The maximum atomic E-state index is 14.2. The first kappa shape index (κ1) is 14.7. The summed E-state index contributed by atoms with van der Waals surface area (Å²) in [6, 6.07) is 2.27. The molecule has 0 radical (unpaired) electrons. The maximum Gasteiger partial charge on any atom is 0.187 e. The summed E-state index contributed by atoms with van der Waals surface area (Å²) in [5.74, 6) is 0.0808. The fourth-order valence-electron chi connectivity index (χ4n) is 2.54. The van der Waals surface area contributed by atoms with Gasteiger partial charge in [-0.25, -0.2) is 14.4 Å². The molecule has 0 aromatic carbocycles. The van der Waals surface area contributed by atoms with E-state index in [-0.39, 0.29) is 11.9 Å². The second kappa shape index (κ2) is 6.62. The van der Waals surface area contributed by atoms with Crippen LogP contribution in [0, 0.1) is 17.1 Å². The summed E-state index contributed by atoms with van der Waals surface area (Å²) in [4.78, 5) is 12.1. The predicted molar refractivity (Wildman–Crippen MR) is 74.8 cm³/mol. The predicted octanol–water partition coefficient (Wildman–Crippen LogP) is 1.60. The first-order chi connectivity index (χ1) is 9.71. The number of nitriles is 1. The van der Waals surface area contributed by atoms with Crippen molar-refractivity contribution in [3.05, 3.63) is 17.8 Å². The lowest BCUT2D eigenvalue weighted by Crippen LogP contribution is -2.50. The molecule has 0 amide bonds. The molecule has 20 heavy (non-hydrogen) atoms. The zero-order valence-corrected chi connectivity index (χ0v) is 12.0. The molecule has 1 aromatic rings. The highest BCUT2D eigenvalue weighted by molar-refractivity contribution is 5.41. The third-order valence-corrected chi connectivity index (χ3v) is 3.77. The van der Waals surface area contributed by atoms with Crippen LogP contribution in [0.4, 0.5) is 10.2 Å². The van der Waals surface area contributed by atoms with Crippen LogP contribution in [0.25, 0.3) is 0 Å². The summed E-state index contributed by atoms with van der Waals surface area (Å²) >= 11 is 0. The molecule has 1 aromatic heterocycles. The quantitative estimate of drug-likeness (QED) is 0.836. The van der Waals surface area contributed by atoms with Gasteiger partial charge < -0.3 is 4.90 Å². The van der Waals surface area contributed by atoms with E-state index < -0.39 is 0 Å². The lowest BCUT2D eigenvalue weighted by molar-refractivity contribution is 0.215. The summed E-state index contributed by atoms with van der Waals surface area (Å²) in [6.45, 7) is 6.79. The molecule has 0 bridgehead atoms. The Morgan fingerprint density at radius 2 is 2.00 bits per heavy atom. The van der Waals surface area contributed by atoms with Gasteiger partial charge in [0, 0.05) is 26.2 Å². The summed E-state index contributed by atoms with van der Waals surface area (Å²) < 4.78 is 14.2. The van der Waals surface area contributed by atoms with E-state index in [1.807, 2.05) is 18.7 Å². The van der Waals surface area contributed by atoms with E-state index in [4.69, 9.17) is 5.26 Å². The van der Waals surface area contributed by atoms with E-state index in [2.05, 4.69) is 20.9 Å². The van der Waals surface area contributed by atoms with Gasteiger partial charge in [0.1, 0.15) is 6.33 Å². The van der Waals surface area contributed by atoms with Gasteiger partial charge in [0.15, 0.2) is 11.6 Å². The van der Waals surface area contributed by atoms with Crippen molar-refractivity contribution in [2.45, 2.75) is 32.7 Å². The zero-order valence-electron chi connectivity index (χ0n) is 12.0. The van der Waals surface area contributed by atoms with Crippen molar-refractivity contribution in [3.63, 3.8) is 0 Å². The van der Waals surface area contributed by atoms with Crippen LogP contribution in [0.3, 0.4) is 0 Å². The standard InChI is InChI=1S/C14H20FN5/c1-3-11(9-16)19-5-7-20(8-6-19)14-13(15)12(4-2)17-10-18-14/h10-11H,3-8H2,1-2H3. The molecule has 1 fully saturated rings. The number of aryl methyl sites for hydroxylation is 1. The zero-order chi connectivity index (χ0) is 14.5. The van der Waals surface area contributed by atoms with Gasteiger partial charge in [0.05, 0.1) is 17.8 Å². The van der Waals surface area contributed by atoms with Crippen molar-refractivity contribution < 1.29 is 4.39 Å². The number of nitrogens with zero attached hydrogens (tertiary/aromatic N) is 5. The molecule has 0 N–H and O–H groups in total. The first-order valence-electron chi connectivity index (χ1n) is 7.09. The smallest absolute Gasteiger partial charge is 0.187 e. The van der Waals surface area contributed by atoms with Crippen LogP contribution in [0.2, 0.25) is 0 Å². The van der Waals surface area contributed by atoms with Gasteiger partial charge in [-0.15, -0.1) is 0 Å². The van der Waals surface area contributed by atoms with Gasteiger partial charge in [0.25, 0.3) is 0 Å². The van der Waals surface area contributed by atoms with Crippen LogP contribution in [0.5, 0.6) is 0 Å². The third-order valence-electron chi connectivity index (χ3n) is 3.77. The number of halogens is 1. The first-order valence-corrected chi connectivity index (χ1v) is 7.09. The van der Waals surface area contributed by atoms with Gasteiger partial charge in [-0.3, -0.25) is 4.90 Å². The SMILES string of the molecule is CCc1ncnc(N2CCN(C(C#N)CC)CC2)c1F. The highest BCUT2D eigenvalue weighted by Gasteiger charge is 2.25. The number of piperazine rings is 1. The molecule has 1 aliphatic heterocycles. The molecular formula is C14H20FN5. The molecule has 2 rings (SSSR count). The molecule has 1 atom stereocenters. The molecule has 1 aliphatic rings. The van der Waals surface area contributed by atoms with Gasteiger partial charge in [-0.1, -0.05) is 13.8 Å². The fraction of sp³-hybridized carbons (Fsp3) is 0.643. The van der Waals surface area contributed by atoms with Crippen LogP contribution in [-0.2, 0) is 6.42 Å². The minimum absolute atomic E-state index is 0.0430. The van der Waals surface area contributed by atoms with Crippen molar-refractivity contribution >= 4 is 5.82 Å². The van der Waals surface area contributed by atoms with Crippen molar-refractivity contribution in [1.82, 2.24) is 14.9 Å². The van der Waals surface area contributed by atoms with Crippen LogP contribution >= 0.6 is 0 Å². The average molecular weight is 277 g/mol. The Morgan fingerprint density at radius 3 is 2.55 bits per heavy atom. The fourth-order valence-corrected chi connectivity index (χ4v) is 2.54. The molecule has 2 heterocycles. The molecule has 0 aliphatic carbocycles. The van der Waals surface area contributed by atoms with Crippen LogP contribution in [0.15, 0.2) is 6.33 Å². The van der Waals surface area contributed by atoms with Crippen molar-refractivity contribution in [2.75, 3.05) is 31.1 Å². The number of aromatic nitrogens is 2. The summed E-state index contributed by atoms with van der Waals surface area (Å²) in [7, 11) is 0.